The summed E-state index contributed by atoms with van der Waals surface area (Å²) < 4.78 is 32.6. The lowest BCUT2D eigenvalue weighted by atomic mass is 10.2. The van der Waals surface area contributed by atoms with Gasteiger partial charge in [0.1, 0.15) is 4.21 Å². The minimum atomic E-state index is -3.87. The Morgan fingerprint density at radius 3 is 2.78 bits per heavy atom. The maximum absolute atomic E-state index is 12.0. The van der Waals surface area contributed by atoms with E-state index in [0.29, 0.717) is 0 Å². The van der Waals surface area contributed by atoms with E-state index in [2.05, 4.69) is 4.40 Å². The van der Waals surface area contributed by atoms with Crippen molar-refractivity contribution in [1.82, 2.24) is 0 Å². The summed E-state index contributed by atoms with van der Waals surface area (Å²) in [6, 6.07) is 5.28. The summed E-state index contributed by atoms with van der Waals surface area (Å²) in [6.07, 6.45) is 0.976. The number of ether oxygens (including phenoxy) is 1. The summed E-state index contributed by atoms with van der Waals surface area (Å²) in [6.45, 7) is 1.83. The Hall–Kier alpha value is -2.46. The van der Waals surface area contributed by atoms with Crippen LogP contribution in [0, 0.1) is 10.1 Å². The van der Waals surface area contributed by atoms with E-state index >= 15 is 0 Å². The van der Waals surface area contributed by atoms with Crippen LogP contribution in [0.25, 0.3) is 0 Å². The van der Waals surface area contributed by atoms with Crippen molar-refractivity contribution in [1.29, 1.82) is 0 Å². The van der Waals surface area contributed by atoms with Gasteiger partial charge in [-0.15, -0.1) is 11.3 Å². The van der Waals surface area contributed by atoms with E-state index < -0.39 is 26.4 Å². The van der Waals surface area contributed by atoms with Gasteiger partial charge in [-0.05, 0) is 24.4 Å². The van der Waals surface area contributed by atoms with Crippen molar-refractivity contribution in [2.45, 2.75) is 11.1 Å². The lowest BCUT2D eigenvalue weighted by Gasteiger charge is -2.07. The highest BCUT2D eigenvalue weighted by Gasteiger charge is 2.20. The molecule has 0 saturated heterocycles. The molecular formula is C13H12N2O6S2. The lowest BCUT2D eigenvalue weighted by Crippen LogP contribution is -1.99. The van der Waals surface area contributed by atoms with Gasteiger partial charge in [-0.2, -0.15) is 12.8 Å². The number of hydrogen-bond acceptors (Lipinski definition) is 7. The normalized spacial score (nSPS) is 11.7. The highest BCUT2D eigenvalue weighted by Crippen LogP contribution is 2.36. The molecule has 0 fully saturated rings. The van der Waals surface area contributed by atoms with Gasteiger partial charge in [0.05, 0.1) is 11.5 Å². The molecule has 23 heavy (non-hydrogen) atoms. The van der Waals surface area contributed by atoms with Crippen LogP contribution >= 0.6 is 11.3 Å². The molecule has 0 atom stereocenters. The Kier molecular flexibility index (Phi) is 4.96. The van der Waals surface area contributed by atoms with Crippen LogP contribution in [-0.2, 0) is 10.0 Å². The van der Waals surface area contributed by atoms with Gasteiger partial charge in [0.2, 0.25) is 5.75 Å². The van der Waals surface area contributed by atoms with Crippen LogP contribution in [0.2, 0.25) is 0 Å². The van der Waals surface area contributed by atoms with Crippen LogP contribution in [0.1, 0.15) is 12.5 Å². The molecule has 0 spiro atoms. The van der Waals surface area contributed by atoms with Crippen LogP contribution in [0.3, 0.4) is 0 Å². The Balaban J connectivity index is 2.43. The molecule has 1 N–H and O–H groups in total. The van der Waals surface area contributed by atoms with E-state index in [0.717, 1.165) is 23.6 Å². The molecule has 0 aliphatic rings. The number of thiophene rings is 1. The number of sulfonamides is 1. The molecular weight excluding hydrogens is 344 g/mol. The molecule has 1 heterocycles. The topological polar surface area (TPSA) is 119 Å². The van der Waals surface area contributed by atoms with Crippen molar-refractivity contribution >= 4 is 33.3 Å². The molecule has 10 heteroatoms. The average Bonchev–Trinajstić information content (AvgIpc) is 3.03. The average molecular weight is 356 g/mol. The number of hydrogen-bond donors (Lipinski definition) is 1. The van der Waals surface area contributed by atoms with Crippen molar-refractivity contribution in [2.75, 3.05) is 6.61 Å². The van der Waals surface area contributed by atoms with Gasteiger partial charge in [0.15, 0.2) is 5.75 Å². The number of nitrogens with zero attached hydrogens (tertiary/aromatic N) is 2. The van der Waals surface area contributed by atoms with E-state index in [9.17, 15) is 23.6 Å². The number of rotatable bonds is 6. The maximum atomic E-state index is 12.0. The summed E-state index contributed by atoms with van der Waals surface area (Å²) in [7, 11) is -3.87. The highest BCUT2D eigenvalue weighted by atomic mass is 32.2. The summed E-state index contributed by atoms with van der Waals surface area (Å²) in [4.78, 5) is 10.2. The molecule has 122 valence electrons. The van der Waals surface area contributed by atoms with Crippen LogP contribution in [0.5, 0.6) is 11.5 Å². The summed E-state index contributed by atoms with van der Waals surface area (Å²) in [5.74, 6) is -0.730. The molecule has 0 bridgehead atoms. The van der Waals surface area contributed by atoms with E-state index in [1.165, 1.54) is 12.1 Å². The zero-order valence-corrected chi connectivity index (χ0v) is 13.5. The summed E-state index contributed by atoms with van der Waals surface area (Å²) in [5.41, 5.74) is -0.469. The third kappa shape index (κ3) is 3.85. The zero-order valence-electron chi connectivity index (χ0n) is 11.9. The number of aromatic hydroxyl groups is 1. The van der Waals surface area contributed by atoms with Gasteiger partial charge in [0, 0.05) is 17.8 Å². The first kappa shape index (κ1) is 16.9. The molecule has 0 unspecified atom stereocenters. The minimum absolute atomic E-state index is 0.0621. The van der Waals surface area contributed by atoms with Gasteiger partial charge < -0.3 is 9.84 Å². The molecule has 0 amide bonds. The quantitative estimate of drug-likeness (QED) is 0.482. The van der Waals surface area contributed by atoms with Crippen molar-refractivity contribution in [3.63, 3.8) is 0 Å². The second-order valence-corrected chi connectivity index (χ2v) is 7.03. The Morgan fingerprint density at radius 2 is 2.22 bits per heavy atom. The largest absolute Gasteiger partial charge is 0.500 e. The third-order valence-corrected chi connectivity index (χ3v) is 5.27. The molecule has 0 radical (unpaired) electrons. The van der Waals surface area contributed by atoms with Crippen LogP contribution in [0.4, 0.5) is 5.69 Å². The first-order chi connectivity index (χ1) is 10.8. The van der Waals surface area contributed by atoms with Crippen LogP contribution in [0.15, 0.2) is 38.3 Å². The van der Waals surface area contributed by atoms with Crippen molar-refractivity contribution in [3.8, 4) is 11.5 Å². The fourth-order valence-corrected chi connectivity index (χ4v) is 3.53. The van der Waals surface area contributed by atoms with Crippen molar-refractivity contribution in [2.24, 2.45) is 4.40 Å². The van der Waals surface area contributed by atoms with Crippen molar-refractivity contribution < 1.29 is 23.2 Å². The first-order valence-electron chi connectivity index (χ1n) is 6.33. The molecule has 0 aliphatic carbocycles. The summed E-state index contributed by atoms with van der Waals surface area (Å²) in [5, 5.41) is 22.3. The number of nitro benzene ring substituents is 1. The zero-order chi connectivity index (χ0) is 17.0. The number of benzene rings is 1. The van der Waals surface area contributed by atoms with E-state index in [-0.39, 0.29) is 22.1 Å². The van der Waals surface area contributed by atoms with E-state index in [1.54, 1.807) is 18.4 Å². The standard InChI is InChI=1S/C13H12N2O6S2/c1-2-21-11-7-9(6-10(13(11)16)15(17)18)8-14-23(19,20)12-4-3-5-22-12/h3-8,16H,2H2,1H3/b14-8-. The smallest absolute Gasteiger partial charge is 0.315 e. The SMILES string of the molecule is CCOc1cc(/C=N\S(=O)(=O)c2cccs2)cc([N+](=O)[O-])c1O. The molecule has 1 aromatic heterocycles. The van der Waals surface area contributed by atoms with Crippen LogP contribution in [-0.4, -0.2) is 31.3 Å². The molecule has 2 aromatic rings. The Bertz CT molecular complexity index is 844. The Morgan fingerprint density at radius 1 is 1.48 bits per heavy atom. The predicted molar refractivity (Wildman–Crippen MR) is 85.0 cm³/mol. The van der Waals surface area contributed by atoms with Gasteiger partial charge >= 0.3 is 5.69 Å². The second-order valence-electron chi connectivity index (χ2n) is 4.22. The van der Waals surface area contributed by atoms with Gasteiger partial charge in [-0.1, -0.05) is 6.07 Å². The van der Waals surface area contributed by atoms with E-state index in [4.69, 9.17) is 4.74 Å². The first-order valence-corrected chi connectivity index (χ1v) is 8.65. The molecule has 0 aliphatic heterocycles. The number of phenols is 1. The highest BCUT2D eigenvalue weighted by molar-refractivity contribution is 7.92. The lowest BCUT2D eigenvalue weighted by molar-refractivity contribution is -0.386. The van der Waals surface area contributed by atoms with Crippen LogP contribution < -0.4 is 4.74 Å². The Labute approximate surface area is 135 Å². The molecule has 1 aromatic carbocycles. The van der Waals surface area contributed by atoms with Gasteiger partial charge in [-0.25, -0.2) is 0 Å². The fraction of sp³-hybridized carbons (Fsp3) is 0.154. The third-order valence-electron chi connectivity index (χ3n) is 2.66. The minimum Gasteiger partial charge on any atom is -0.500 e. The van der Waals surface area contributed by atoms with E-state index in [1.807, 2.05) is 0 Å². The fourth-order valence-electron chi connectivity index (χ4n) is 1.69. The number of phenolic OH excluding ortho intramolecular Hbond substituents is 1. The summed E-state index contributed by atoms with van der Waals surface area (Å²) >= 11 is 1.01. The molecule has 8 nitrogen and oxygen atoms in total. The monoisotopic (exact) mass is 356 g/mol. The van der Waals surface area contributed by atoms with Crippen molar-refractivity contribution in [3.05, 3.63) is 45.3 Å². The number of nitro groups is 1. The predicted octanol–water partition coefficient (Wildman–Crippen LogP) is 2.57. The van der Waals surface area contributed by atoms with Gasteiger partial charge in [0.25, 0.3) is 10.0 Å². The second kappa shape index (κ2) is 6.75. The molecule has 2 rings (SSSR count). The van der Waals surface area contributed by atoms with Gasteiger partial charge in [-0.3, -0.25) is 10.1 Å². The maximum Gasteiger partial charge on any atom is 0.315 e. The molecule has 0 saturated carbocycles.